The molecule has 4 N–H and O–H groups in total. The molecule has 2 aliphatic heterocycles. The summed E-state index contributed by atoms with van der Waals surface area (Å²) in [6.45, 7) is 21.0. The summed E-state index contributed by atoms with van der Waals surface area (Å²) in [6.07, 6.45) is 5.96. The van der Waals surface area contributed by atoms with Crippen molar-refractivity contribution < 1.29 is 28.9 Å². The second-order valence-corrected chi connectivity index (χ2v) is 18.3. The number of nitrogens with two attached hydrogens (primary N) is 1. The molecule has 0 radical (unpaired) electrons. The maximum atomic E-state index is 13.0. The topological polar surface area (TPSA) is 123 Å². The number of rotatable bonds is 6. The maximum Gasteiger partial charge on any atom is 0.407 e. The van der Waals surface area contributed by atoms with Crippen molar-refractivity contribution in [1.82, 2.24) is 10.2 Å². The molecule has 2 saturated heterocycles. The first-order valence-electron chi connectivity index (χ1n) is 18.5. The molecule has 13 atom stereocenters. The lowest BCUT2D eigenvalue weighted by atomic mass is 9.41. The van der Waals surface area contributed by atoms with E-state index in [1.165, 1.54) is 12.8 Å². The van der Waals surface area contributed by atoms with Gasteiger partial charge in [0.2, 0.25) is 0 Å². The Morgan fingerprint density at radius 3 is 2.37 bits per heavy atom. The van der Waals surface area contributed by atoms with Gasteiger partial charge in [-0.05, 0) is 104 Å². The van der Waals surface area contributed by atoms with Gasteiger partial charge in [-0.3, -0.25) is 4.90 Å². The smallest absolute Gasteiger partial charge is 0.407 e. The van der Waals surface area contributed by atoms with E-state index in [0.717, 1.165) is 58.2 Å². The van der Waals surface area contributed by atoms with E-state index in [2.05, 4.69) is 51.8 Å². The molecular weight excluding hydrogens is 582 g/mol. The molecule has 5 saturated carbocycles. The second-order valence-electron chi connectivity index (χ2n) is 18.3. The Kier molecular flexibility index (Phi) is 7.67. The number of fused-ring (bicyclic) bond motifs is 4. The Labute approximate surface area is 276 Å². The van der Waals surface area contributed by atoms with Gasteiger partial charge in [0, 0.05) is 23.9 Å². The summed E-state index contributed by atoms with van der Waals surface area (Å²) in [5.74, 6) is 1.60. The molecule has 9 nitrogen and oxygen atoms in total. The number of ether oxygens (including phenoxy) is 3. The molecule has 7 fully saturated rings. The predicted molar refractivity (Wildman–Crippen MR) is 175 cm³/mol. The lowest BCUT2D eigenvalue weighted by Gasteiger charge is -2.63. The number of likely N-dealkylation sites (N-methyl/N-ethyl adjacent to an activating group) is 1. The molecule has 260 valence electrons. The van der Waals surface area contributed by atoms with Gasteiger partial charge in [0.05, 0.1) is 24.4 Å². The van der Waals surface area contributed by atoms with E-state index in [1.807, 2.05) is 13.8 Å². The first-order chi connectivity index (χ1) is 21.6. The zero-order valence-corrected chi connectivity index (χ0v) is 29.6. The Morgan fingerprint density at radius 1 is 1.04 bits per heavy atom. The molecule has 2 heterocycles. The Hall–Kier alpha value is -1.58. The molecule has 0 aromatic carbocycles. The van der Waals surface area contributed by atoms with Gasteiger partial charge < -0.3 is 30.4 Å². The Bertz CT molecular complexity index is 1240. The quantitative estimate of drug-likeness (QED) is 0.338. The van der Waals surface area contributed by atoms with Crippen molar-refractivity contribution in [2.45, 2.75) is 143 Å². The summed E-state index contributed by atoms with van der Waals surface area (Å²) >= 11 is 0. The van der Waals surface area contributed by atoms with Crippen molar-refractivity contribution in [2.75, 3.05) is 19.6 Å². The molecule has 2 spiro atoms. The van der Waals surface area contributed by atoms with Crippen LogP contribution in [0.15, 0.2) is 0 Å². The number of primary amides is 1. The average Bonchev–Trinajstić information content (AvgIpc) is 3.59. The Morgan fingerprint density at radius 2 is 1.72 bits per heavy atom. The summed E-state index contributed by atoms with van der Waals surface area (Å²) in [4.78, 5) is 27.1. The van der Waals surface area contributed by atoms with E-state index in [4.69, 9.17) is 19.9 Å². The lowest BCUT2D eigenvalue weighted by Crippen LogP contribution is -2.61. The molecule has 0 aromatic rings. The normalized spacial score (nSPS) is 49.7. The molecule has 0 aromatic heterocycles. The summed E-state index contributed by atoms with van der Waals surface area (Å²) in [5.41, 5.74) is 5.58. The van der Waals surface area contributed by atoms with Gasteiger partial charge in [-0.2, -0.15) is 0 Å². The van der Waals surface area contributed by atoms with Crippen LogP contribution in [0.4, 0.5) is 9.59 Å². The van der Waals surface area contributed by atoms with Crippen LogP contribution in [0, 0.1) is 56.7 Å². The number of hydrogen-bond donors (Lipinski definition) is 3. The minimum absolute atomic E-state index is 0.0331. The predicted octanol–water partition coefficient (Wildman–Crippen LogP) is 5.72. The van der Waals surface area contributed by atoms with Crippen LogP contribution in [0.25, 0.3) is 0 Å². The summed E-state index contributed by atoms with van der Waals surface area (Å²) < 4.78 is 18.7. The third kappa shape index (κ3) is 4.28. The minimum Gasteiger partial charge on any atom is -0.446 e. The zero-order chi connectivity index (χ0) is 33.2. The van der Waals surface area contributed by atoms with Crippen molar-refractivity contribution in [3.05, 3.63) is 0 Å². The molecule has 9 heteroatoms. The highest BCUT2D eigenvalue weighted by molar-refractivity contribution is 5.68. The molecule has 46 heavy (non-hydrogen) atoms. The highest BCUT2D eigenvalue weighted by Crippen LogP contribution is 2.89. The first kappa shape index (κ1) is 32.9. The number of likely N-dealkylation sites (tertiary alicyclic amines) is 1. The van der Waals surface area contributed by atoms with Crippen molar-refractivity contribution in [3.8, 4) is 0 Å². The monoisotopic (exact) mass is 643 g/mol. The molecule has 4 unspecified atom stereocenters. The minimum atomic E-state index is -0.764. The van der Waals surface area contributed by atoms with Gasteiger partial charge in [0.15, 0.2) is 0 Å². The number of aliphatic hydroxyl groups excluding tert-OH is 1. The van der Waals surface area contributed by atoms with Crippen LogP contribution in [-0.4, -0.2) is 78.4 Å². The number of nitrogens with zero attached hydrogens (tertiary/aromatic N) is 1. The van der Waals surface area contributed by atoms with E-state index in [1.54, 1.807) is 0 Å². The van der Waals surface area contributed by atoms with Gasteiger partial charge in [-0.25, -0.2) is 9.59 Å². The SMILES string of the molecule is CCN1CC(NC(=O)OC2CC[C@]34C[C@]35CC[C@]3(C)[C@@H]6C(OC([C@H](OC(N)=O)C(C)C)C[C@H]6C)[C@H](O)[C@@]3(C)C5CC[C@H]4C2(C)C)C1. The largest absolute Gasteiger partial charge is 0.446 e. The van der Waals surface area contributed by atoms with Gasteiger partial charge in [0.25, 0.3) is 0 Å². The maximum absolute atomic E-state index is 13.0. The van der Waals surface area contributed by atoms with Crippen molar-refractivity contribution >= 4 is 12.2 Å². The number of nitrogens with one attached hydrogen (secondary N) is 1. The van der Waals surface area contributed by atoms with Gasteiger partial charge in [0.1, 0.15) is 12.2 Å². The third-order valence-electron chi connectivity index (χ3n) is 16.0. The fourth-order valence-corrected chi connectivity index (χ4v) is 13.8. The number of amides is 2. The summed E-state index contributed by atoms with van der Waals surface area (Å²) in [5, 5.41) is 15.6. The molecule has 5 aliphatic carbocycles. The standard InChI is InChI=1S/C37H61N3O6/c1-9-40-17-22(18-40)39-32(43)45-26-12-13-36-19-37(36)15-14-34(7)27-21(4)16-23(28(20(2)3)46-31(38)42)44-29(27)30(41)35(34,8)25(37)11-10-24(36)33(26,5)6/h20-30,41H,9-19H2,1-8H3,(H2,38,42)(H,39,43)/t21-,23?,24+,25?,26?,27+,28-,29?,30+,34-,35-,36-,37+/m1/s1. The number of carbonyl (C=O) groups excluding carboxylic acids is 2. The fraction of sp³-hybridized carbons (Fsp3) is 0.946. The van der Waals surface area contributed by atoms with Crippen LogP contribution < -0.4 is 11.1 Å². The van der Waals surface area contributed by atoms with E-state index < -0.39 is 18.3 Å². The Balaban J connectivity index is 1.11. The number of aliphatic hydroxyl groups is 1. The summed E-state index contributed by atoms with van der Waals surface area (Å²) in [7, 11) is 0. The van der Waals surface area contributed by atoms with E-state index in [0.29, 0.717) is 17.8 Å². The van der Waals surface area contributed by atoms with E-state index >= 15 is 0 Å². The van der Waals surface area contributed by atoms with Gasteiger partial charge in [-0.15, -0.1) is 0 Å². The molecular formula is C37H61N3O6. The van der Waals surface area contributed by atoms with Crippen molar-refractivity contribution in [1.29, 1.82) is 0 Å². The molecule has 7 aliphatic rings. The van der Waals surface area contributed by atoms with Crippen molar-refractivity contribution in [2.24, 2.45) is 62.4 Å². The van der Waals surface area contributed by atoms with Crippen molar-refractivity contribution in [3.63, 3.8) is 0 Å². The highest BCUT2D eigenvalue weighted by atomic mass is 16.6. The molecule has 2 amide bonds. The van der Waals surface area contributed by atoms with Crippen LogP contribution >= 0.6 is 0 Å². The number of hydrogen-bond acceptors (Lipinski definition) is 7. The van der Waals surface area contributed by atoms with Crippen LogP contribution in [0.2, 0.25) is 0 Å². The molecule has 0 bridgehead atoms. The number of alkyl carbamates (subject to hydrolysis) is 1. The second kappa shape index (κ2) is 10.7. The van der Waals surface area contributed by atoms with Gasteiger partial charge in [-0.1, -0.05) is 55.4 Å². The lowest BCUT2D eigenvalue weighted by molar-refractivity contribution is -0.184. The van der Waals surface area contributed by atoms with Crippen LogP contribution in [-0.2, 0) is 14.2 Å². The number of carbonyl (C=O) groups is 2. The first-order valence-corrected chi connectivity index (χ1v) is 18.5. The fourth-order valence-electron chi connectivity index (χ4n) is 13.8. The molecule has 7 rings (SSSR count). The van der Waals surface area contributed by atoms with Gasteiger partial charge >= 0.3 is 12.2 Å². The van der Waals surface area contributed by atoms with Crippen LogP contribution in [0.5, 0.6) is 0 Å². The van der Waals surface area contributed by atoms with Crippen LogP contribution in [0.1, 0.15) is 107 Å². The van der Waals surface area contributed by atoms with E-state index in [-0.39, 0.29) is 69.4 Å². The van der Waals surface area contributed by atoms with E-state index in [9.17, 15) is 14.7 Å². The zero-order valence-electron chi connectivity index (χ0n) is 29.6. The van der Waals surface area contributed by atoms with Crippen LogP contribution in [0.3, 0.4) is 0 Å². The average molecular weight is 644 g/mol. The highest BCUT2D eigenvalue weighted by Gasteiger charge is 2.84. The summed E-state index contributed by atoms with van der Waals surface area (Å²) in [6, 6.07) is 0.195. The third-order valence-corrected chi connectivity index (χ3v) is 16.0.